The monoisotopic (exact) mass is 791 g/mol. The molecule has 0 amide bonds. The number of esters is 2. The second-order valence-electron chi connectivity index (χ2n) is 17.0. The third kappa shape index (κ3) is 54.8. The zero-order valence-corrected chi connectivity index (χ0v) is 38.9. The highest BCUT2D eigenvalue weighted by atomic mass is 16.5. The fourth-order valence-electron chi connectivity index (χ4n) is 7.26. The van der Waals surface area contributed by atoms with Gasteiger partial charge in [0.05, 0.1) is 13.2 Å². The molecule has 0 spiro atoms. The van der Waals surface area contributed by atoms with Crippen molar-refractivity contribution in [2.24, 2.45) is 0 Å². The molecule has 334 valence electrons. The highest BCUT2D eigenvalue weighted by molar-refractivity contribution is 5.69. The molecular formula is C52H102O4. The second-order valence-corrected chi connectivity index (χ2v) is 17.0. The van der Waals surface area contributed by atoms with E-state index >= 15 is 0 Å². The van der Waals surface area contributed by atoms with Crippen LogP contribution in [0, 0.1) is 0 Å². The molecule has 0 fully saturated rings. The Morgan fingerprint density at radius 2 is 0.500 bits per heavy atom. The van der Waals surface area contributed by atoms with Crippen LogP contribution >= 0.6 is 0 Å². The summed E-state index contributed by atoms with van der Waals surface area (Å²) in [4.78, 5) is 23.4. The van der Waals surface area contributed by atoms with Gasteiger partial charge in [0.2, 0.25) is 0 Å². The van der Waals surface area contributed by atoms with Crippen molar-refractivity contribution in [3.8, 4) is 0 Å². The van der Waals surface area contributed by atoms with Gasteiger partial charge in [0.1, 0.15) is 0 Å². The molecule has 56 heavy (non-hydrogen) atoms. The Morgan fingerprint density at radius 1 is 0.286 bits per heavy atom. The lowest BCUT2D eigenvalue weighted by Crippen LogP contribution is -2.05. The van der Waals surface area contributed by atoms with Gasteiger partial charge in [0, 0.05) is 12.8 Å². The Balaban J connectivity index is 0. The van der Waals surface area contributed by atoms with E-state index in [2.05, 4.69) is 39.8 Å². The minimum Gasteiger partial charge on any atom is -0.466 e. The van der Waals surface area contributed by atoms with Crippen molar-refractivity contribution in [2.75, 3.05) is 13.2 Å². The molecule has 4 heteroatoms. The van der Waals surface area contributed by atoms with Crippen LogP contribution in [0.5, 0.6) is 0 Å². The number of rotatable bonds is 45. The number of unbranched alkanes of at least 4 members (excludes halogenated alkanes) is 35. The molecule has 0 aliphatic carbocycles. The minimum absolute atomic E-state index is 0.00979. The maximum Gasteiger partial charge on any atom is 0.305 e. The molecule has 0 aromatic rings. The smallest absolute Gasteiger partial charge is 0.305 e. The lowest BCUT2D eigenvalue weighted by atomic mass is 10.0. The SMILES string of the molecule is CCCCCCCC/C=C\CCCCCCCC(=O)OCCCCCCCCCC.CCCCCCCCCCCCCCCC(=O)OCCCCCCCC. The third-order valence-corrected chi connectivity index (χ3v) is 11.1. The predicted molar refractivity (Wildman–Crippen MR) is 248 cm³/mol. The van der Waals surface area contributed by atoms with Crippen molar-refractivity contribution in [1.29, 1.82) is 0 Å². The van der Waals surface area contributed by atoms with Crippen LogP contribution in [-0.2, 0) is 19.1 Å². The number of hydrogen-bond acceptors (Lipinski definition) is 4. The van der Waals surface area contributed by atoms with Gasteiger partial charge in [-0.3, -0.25) is 9.59 Å². The van der Waals surface area contributed by atoms with Crippen molar-refractivity contribution in [3.05, 3.63) is 12.2 Å². The van der Waals surface area contributed by atoms with Crippen molar-refractivity contribution < 1.29 is 19.1 Å². The summed E-state index contributed by atoms with van der Waals surface area (Å²) in [5.41, 5.74) is 0. The highest BCUT2D eigenvalue weighted by Gasteiger charge is 2.04. The first-order valence-corrected chi connectivity index (χ1v) is 25.6. The van der Waals surface area contributed by atoms with E-state index in [1.165, 1.54) is 225 Å². The summed E-state index contributed by atoms with van der Waals surface area (Å²) in [6.07, 6.45) is 57.9. The van der Waals surface area contributed by atoms with Gasteiger partial charge in [-0.25, -0.2) is 0 Å². The molecule has 0 heterocycles. The summed E-state index contributed by atoms with van der Waals surface area (Å²) < 4.78 is 10.7. The summed E-state index contributed by atoms with van der Waals surface area (Å²) in [5.74, 6) is 0.0252. The van der Waals surface area contributed by atoms with Gasteiger partial charge in [0.25, 0.3) is 0 Å². The van der Waals surface area contributed by atoms with E-state index in [4.69, 9.17) is 9.47 Å². The lowest BCUT2D eigenvalue weighted by Gasteiger charge is -2.05. The lowest BCUT2D eigenvalue weighted by molar-refractivity contribution is -0.144. The maximum absolute atomic E-state index is 11.8. The van der Waals surface area contributed by atoms with Crippen LogP contribution in [-0.4, -0.2) is 25.2 Å². The molecule has 0 radical (unpaired) electrons. The Kier molecular flexibility index (Phi) is 54.4. The zero-order valence-electron chi connectivity index (χ0n) is 38.9. The molecule has 4 nitrogen and oxygen atoms in total. The van der Waals surface area contributed by atoms with Gasteiger partial charge < -0.3 is 9.47 Å². The summed E-state index contributed by atoms with van der Waals surface area (Å²) in [6.45, 7) is 10.3. The van der Waals surface area contributed by atoms with Crippen molar-refractivity contribution in [2.45, 2.75) is 297 Å². The molecule has 0 aliphatic heterocycles. The summed E-state index contributed by atoms with van der Waals surface area (Å²) in [5, 5.41) is 0. The van der Waals surface area contributed by atoms with Crippen molar-refractivity contribution in [3.63, 3.8) is 0 Å². The molecule has 0 unspecified atom stereocenters. The molecule has 0 rings (SSSR count). The Labute approximate surface area is 352 Å². The number of carbonyl (C=O) groups excluding carboxylic acids is 2. The van der Waals surface area contributed by atoms with Crippen molar-refractivity contribution >= 4 is 11.9 Å². The maximum atomic E-state index is 11.8. The molecule has 0 aromatic heterocycles. The van der Waals surface area contributed by atoms with E-state index in [-0.39, 0.29) is 11.9 Å². The van der Waals surface area contributed by atoms with Gasteiger partial charge >= 0.3 is 11.9 Å². The first-order valence-electron chi connectivity index (χ1n) is 25.6. The summed E-state index contributed by atoms with van der Waals surface area (Å²) in [7, 11) is 0. The fourth-order valence-corrected chi connectivity index (χ4v) is 7.26. The van der Waals surface area contributed by atoms with E-state index in [0.29, 0.717) is 26.1 Å². The third-order valence-electron chi connectivity index (χ3n) is 11.1. The van der Waals surface area contributed by atoms with Crippen LogP contribution < -0.4 is 0 Å². The van der Waals surface area contributed by atoms with Crippen LogP contribution in [0.1, 0.15) is 297 Å². The number of allylic oxidation sites excluding steroid dienone is 2. The molecule has 0 bridgehead atoms. The number of hydrogen-bond donors (Lipinski definition) is 0. The number of ether oxygens (including phenoxy) is 2. The van der Waals surface area contributed by atoms with Crippen LogP contribution in [0.3, 0.4) is 0 Å². The van der Waals surface area contributed by atoms with Crippen LogP contribution in [0.2, 0.25) is 0 Å². The van der Waals surface area contributed by atoms with Gasteiger partial charge in [-0.15, -0.1) is 0 Å². The first kappa shape index (κ1) is 56.8. The van der Waals surface area contributed by atoms with Gasteiger partial charge in [-0.05, 0) is 51.4 Å². The van der Waals surface area contributed by atoms with E-state index in [1.54, 1.807) is 0 Å². The van der Waals surface area contributed by atoms with Crippen LogP contribution in [0.25, 0.3) is 0 Å². The molecular weight excluding hydrogens is 689 g/mol. The molecule has 0 N–H and O–H groups in total. The van der Waals surface area contributed by atoms with Gasteiger partial charge in [0.15, 0.2) is 0 Å². The molecule has 0 aromatic carbocycles. The predicted octanol–water partition coefficient (Wildman–Crippen LogP) is 18.1. The summed E-state index contributed by atoms with van der Waals surface area (Å²) >= 11 is 0. The average Bonchev–Trinajstić information content (AvgIpc) is 3.20. The molecule has 0 aliphatic rings. The van der Waals surface area contributed by atoms with E-state index < -0.39 is 0 Å². The van der Waals surface area contributed by atoms with Crippen LogP contribution in [0.4, 0.5) is 0 Å². The zero-order chi connectivity index (χ0) is 41.1. The molecule has 0 atom stereocenters. The van der Waals surface area contributed by atoms with Gasteiger partial charge in [-0.1, -0.05) is 245 Å². The van der Waals surface area contributed by atoms with Gasteiger partial charge in [-0.2, -0.15) is 0 Å². The average molecular weight is 791 g/mol. The first-order chi connectivity index (χ1) is 27.6. The molecule has 0 saturated carbocycles. The Morgan fingerprint density at radius 3 is 0.768 bits per heavy atom. The largest absolute Gasteiger partial charge is 0.466 e. The Hall–Kier alpha value is -1.32. The second kappa shape index (κ2) is 53.7. The fraction of sp³-hybridized carbons (Fsp3) is 0.923. The topological polar surface area (TPSA) is 52.6 Å². The van der Waals surface area contributed by atoms with E-state index in [1.807, 2.05) is 0 Å². The number of carbonyl (C=O) groups is 2. The van der Waals surface area contributed by atoms with E-state index in [9.17, 15) is 9.59 Å². The Bertz CT molecular complexity index is 762. The van der Waals surface area contributed by atoms with Crippen molar-refractivity contribution in [1.82, 2.24) is 0 Å². The standard InChI is InChI=1S/C28H54O2.C24H48O2/c1-3-5-7-9-11-13-14-15-16-17-18-19-20-22-24-26-28(29)30-27-25-23-21-12-10-8-6-4-2;1-3-5-7-9-11-12-13-14-15-16-17-18-20-22-24(25)26-23-21-19-10-8-6-4-2/h15-16H,3-14,17-27H2,1-2H3;3-23H2,1-2H3/b16-15-;. The van der Waals surface area contributed by atoms with E-state index in [0.717, 1.165) is 32.1 Å². The summed E-state index contributed by atoms with van der Waals surface area (Å²) in [6, 6.07) is 0. The quantitative estimate of drug-likeness (QED) is 0.0350. The van der Waals surface area contributed by atoms with Crippen LogP contribution in [0.15, 0.2) is 12.2 Å². The molecule has 0 saturated heterocycles. The minimum atomic E-state index is 0.00979. The normalized spacial score (nSPS) is 11.2. The highest BCUT2D eigenvalue weighted by Crippen LogP contribution is 2.14.